The Bertz CT molecular complexity index is 1300. The molecule has 40 heavy (non-hydrogen) atoms. The molecular formula is C31H35Br2N3O4. The quantitative estimate of drug-likeness (QED) is 0.233. The molecule has 4 rings (SSSR count). The number of carbonyl (C=O) groups is 2. The summed E-state index contributed by atoms with van der Waals surface area (Å²) in [6.07, 6.45) is 0.786. The third kappa shape index (κ3) is 8.64. The Kier molecular flexibility index (Phi) is 10.8. The second kappa shape index (κ2) is 14.3. The number of hydrogen-bond donors (Lipinski definition) is 3. The molecule has 2 unspecified atom stereocenters. The number of hydrogen-bond acceptors (Lipinski definition) is 5. The van der Waals surface area contributed by atoms with Crippen LogP contribution < -0.4 is 20.3 Å². The number of aliphatic hydroxyl groups excluding tert-OH is 1. The van der Waals surface area contributed by atoms with Crippen LogP contribution >= 0.6 is 31.9 Å². The molecule has 212 valence electrons. The summed E-state index contributed by atoms with van der Waals surface area (Å²) in [5, 5.41) is 17.6. The van der Waals surface area contributed by atoms with E-state index in [2.05, 4.69) is 42.5 Å². The molecule has 0 spiro atoms. The van der Waals surface area contributed by atoms with Crippen molar-refractivity contribution in [3.63, 3.8) is 0 Å². The first-order chi connectivity index (χ1) is 19.2. The summed E-state index contributed by atoms with van der Waals surface area (Å²) in [7, 11) is 0. The summed E-state index contributed by atoms with van der Waals surface area (Å²) >= 11 is 7.01. The SMILES string of the molecule is CC(C)Oc1cc(C(=O)NC(Cc2ccccc2)C(O)CNCc2cc(Br)cc(Br)c2)cc(N2CCCC2=O)c1. The first kappa shape index (κ1) is 30.2. The van der Waals surface area contributed by atoms with Crippen LogP contribution in [0.25, 0.3) is 0 Å². The van der Waals surface area contributed by atoms with Gasteiger partial charge in [-0.05, 0) is 68.1 Å². The fourth-order valence-corrected chi connectivity index (χ4v) is 6.14. The van der Waals surface area contributed by atoms with Crippen molar-refractivity contribution in [1.29, 1.82) is 0 Å². The zero-order chi connectivity index (χ0) is 28.6. The van der Waals surface area contributed by atoms with Crippen molar-refractivity contribution in [3.8, 4) is 5.75 Å². The van der Waals surface area contributed by atoms with E-state index in [0.29, 0.717) is 42.9 Å². The molecule has 0 aliphatic carbocycles. The predicted molar refractivity (Wildman–Crippen MR) is 165 cm³/mol. The van der Waals surface area contributed by atoms with Crippen LogP contribution in [0.15, 0.2) is 75.7 Å². The average molecular weight is 673 g/mol. The Labute approximate surface area is 252 Å². The van der Waals surface area contributed by atoms with E-state index in [0.717, 1.165) is 26.5 Å². The summed E-state index contributed by atoms with van der Waals surface area (Å²) in [6.45, 7) is 5.29. The predicted octanol–water partition coefficient (Wildman–Crippen LogP) is 5.62. The van der Waals surface area contributed by atoms with Crippen molar-refractivity contribution in [2.45, 2.75) is 57.9 Å². The molecule has 1 saturated heterocycles. The Morgan fingerprint density at radius 1 is 1.02 bits per heavy atom. The van der Waals surface area contributed by atoms with E-state index in [-0.39, 0.29) is 24.5 Å². The zero-order valence-electron chi connectivity index (χ0n) is 22.7. The van der Waals surface area contributed by atoms with E-state index in [1.165, 1.54) is 0 Å². The fraction of sp³-hybridized carbons (Fsp3) is 0.355. The van der Waals surface area contributed by atoms with E-state index < -0.39 is 12.1 Å². The van der Waals surface area contributed by atoms with Gasteiger partial charge in [-0.1, -0.05) is 62.2 Å². The molecule has 3 aromatic carbocycles. The fourth-order valence-electron chi connectivity index (χ4n) is 4.75. The molecule has 0 bridgehead atoms. The van der Waals surface area contributed by atoms with Crippen LogP contribution in [0.2, 0.25) is 0 Å². The van der Waals surface area contributed by atoms with E-state index in [9.17, 15) is 14.7 Å². The van der Waals surface area contributed by atoms with Crippen LogP contribution in [0, 0.1) is 0 Å². The van der Waals surface area contributed by atoms with Gasteiger partial charge in [-0.2, -0.15) is 0 Å². The second-order valence-electron chi connectivity index (χ2n) is 10.3. The molecule has 7 nitrogen and oxygen atoms in total. The summed E-state index contributed by atoms with van der Waals surface area (Å²) < 4.78 is 7.85. The highest BCUT2D eigenvalue weighted by Gasteiger charge is 2.26. The monoisotopic (exact) mass is 671 g/mol. The van der Waals surface area contributed by atoms with Gasteiger partial charge in [-0.15, -0.1) is 0 Å². The molecule has 1 aliphatic heterocycles. The van der Waals surface area contributed by atoms with Gasteiger partial charge >= 0.3 is 0 Å². The first-order valence-electron chi connectivity index (χ1n) is 13.5. The minimum atomic E-state index is -0.852. The number of nitrogens with one attached hydrogen (secondary N) is 2. The average Bonchev–Trinajstić information content (AvgIpc) is 3.33. The molecule has 2 atom stereocenters. The topological polar surface area (TPSA) is 90.9 Å². The van der Waals surface area contributed by atoms with Crippen molar-refractivity contribution >= 4 is 49.4 Å². The number of ether oxygens (including phenoxy) is 1. The number of nitrogens with zero attached hydrogens (tertiary/aromatic N) is 1. The maximum Gasteiger partial charge on any atom is 0.251 e. The van der Waals surface area contributed by atoms with Crippen LogP contribution in [0.5, 0.6) is 5.75 Å². The minimum absolute atomic E-state index is 0.0361. The van der Waals surface area contributed by atoms with Gasteiger partial charge in [-0.25, -0.2) is 0 Å². The van der Waals surface area contributed by atoms with Gasteiger partial charge in [0.05, 0.1) is 18.2 Å². The molecule has 0 saturated carbocycles. The van der Waals surface area contributed by atoms with E-state index in [1.54, 1.807) is 23.1 Å². The highest BCUT2D eigenvalue weighted by Crippen LogP contribution is 2.28. The van der Waals surface area contributed by atoms with Crippen molar-refractivity contribution in [3.05, 3.63) is 92.4 Å². The van der Waals surface area contributed by atoms with Crippen molar-refractivity contribution in [2.75, 3.05) is 18.0 Å². The van der Waals surface area contributed by atoms with E-state index in [4.69, 9.17) is 4.74 Å². The van der Waals surface area contributed by atoms with Crippen molar-refractivity contribution < 1.29 is 19.4 Å². The smallest absolute Gasteiger partial charge is 0.251 e. The Balaban J connectivity index is 1.52. The standard InChI is InChI=1S/C31H35Br2N3O4/c1-20(2)40-27-15-23(14-26(17-27)36-10-6-9-30(36)38)31(39)35-28(13-21-7-4-3-5-8-21)29(37)19-34-18-22-11-24(32)16-25(33)12-22/h3-5,7-8,11-12,14-17,20,28-29,34,37H,6,9-10,13,18-19H2,1-2H3,(H,35,39). The lowest BCUT2D eigenvalue weighted by atomic mass is 10.00. The normalized spacial score (nSPS) is 14.8. The van der Waals surface area contributed by atoms with Gasteiger partial charge in [0, 0.05) is 52.3 Å². The van der Waals surface area contributed by atoms with Crippen molar-refractivity contribution in [2.24, 2.45) is 0 Å². The summed E-state index contributed by atoms with van der Waals surface area (Å²) in [5.41, 5.74) is 3.09. The zero-order valence-corrected chi connectivity index (χ0v) is 25.9. The summed E-state index contributed by atoms with van der Waals surface area (Å²) in [6, 6.07) is 20.4. The Morgan fingerprint density at radius 2 is 1.75 bits per heavy atom. The molecule has 1 aliphatic rings. The van der Waals surface area contributed by atoms with Crippen LogP contribution in [-0.4, -0.2) is 48.3 Å². The highest BCUT2D eigenvalue weighted by molar-refractivity contribution is 9.11. The lowest BCUT2D eigenvalue weighted by Crippen LogP contribution is -2.48. The summed E-state index contributed by atoms with van der Waals surface area (Å²) in [5.74, 6) is 0.228. The molecule has 1 fully saturated rings. The lowest BCUT2D eigenvalue weighted by Gasteiger charge is -2.26. The Hall–Kier alpha value is -2.72. The number of halogens is 2. The van der Waals surface area contributed by atoms with Gasteiger partial charge in [0.15, 0.2) is 0 Å². The number of anilines is 1. The summed E-state index contributed by atoms with van der Waals surface area (Å²) in [4.78, 5) is 27.7. The molecule has 1 heterocycles. The van der Waals surface area contributed by atoms with Crippen LogP contribution in [0.1, 0.15) is 48.2 Å². The van der Waals surface area contributed by atoms with Crippen molar-refractivity contribution in [1.82, 2.24) is 10.6 Å². The van der Waals surface area contributed by atoms with E-state index in [1.807, 2.05) is 62.4 Å². The third-order valence-electron chi connectivity index (χ3n) is 6.59. The molecule has 2 amide bonds. The van der Waals surface area contributed by atoms with Crippen LogP contribution in [0.4, 0.5) is 5.69 Å². The van der Waals surface area contributed by atoms with Gasteiger partial charge < -0.3 is 25.4 Å². The van der Waals surface area contributed by atoms with Gasteiger partial charge in [0.25, 0.3) is 5.91 Å². The molecule has 9 heteroatoms. The molecule has 3 aromatic rings. The Morgan fingerprint density at radius 3 is 2.40 bits per heavy atom. The number of amides is 2. The maximum absolute atomic E-state index is 13.6. The number of benzene rings is 3. The molecule has 3 N–H and O–H groups in total. The highest BCUT2D eigenvalue weighted by atomic mass is 79.9. The van der Waals surface area contributed by atoms with Gasteiger partial charge in [-0.3, -0.25) is 9.59 Å². The number of aliphatic hydroxyl groups is 1. The van der Waals surface area contributed by atoms with Crippen LogP contribution in [0.3, 0.4) is 0 Å². The molecular weight excluding hydrogens is 638 g/mol. The van der Waals surface area contributed by atoms with Gasteiger partial charge in [0.1, 0.15) is 5.75 Å². The molecule has 0 radical (unpaired) electrons. The largest absolute Gasteiger partial charge is 0.491 e. The first-order valence-corrected chi connectivity index (χ1v) is 15.1. The van der Waals surface area contributed by atoms with Crippen LogP contribution in [-0.2, 0) is 17.8 Å². The number of rotatable bonds is 12. The maximum atomic E-state index is 13.6. The van der Waals surface area contributed by atoms with Gasteiger partial charge in [0.2, 0.25) is 5.91 Å². The minimum Gasteiger partial charge on any atom is -0.491 e. The third-order valence-corrected chi connectivity index (χ3v) is 7.51. The number of carbonyl (C=O) groups excluding carboxylic acids is 2. The second-order valence-corrected chi connectivity index (χ2v) is 12.1. The molecule has 0 aromatic heterocycles. The van der Waals surface area contributed by atoms with E-state index >= 15 is 0 Å². The lowest BCUT2D eigenvalue weighted by molar-refractivity contribution is -0.117.